The number of hydrogen-bond donors (Lipinski definition) is 0. The summed E-state index contributed by atoms with van der Waals surface area (Å²) in [4.78, 5) is 21.6. The molecule has 0 radical (unpaired) electrons. The highest BCUT2D eigenvalue weighted by Gasteiger charge is 2.41. The molecule has 0 bridgehead atoms. The van der Waals surface area contributed by atoms with Crippen LogP contribution in [0, 0.1) is 19.3 Å². The van der Waals surface area contributed by atoms with Crippen molar-refractivity contribution in [2.24, 2.45) is 5.41 Å². The molecule has 2 aliphatic heterocycles. The maximum Gasteiger partial charge on any atom is 0.222 e. The molecule has 1 aromatic carbocycles. The average molecular weight is 351 g/mol. The summed E-state index contributed by atoms with van der Waals surface area (Å²) in [5, 5.41) is 1.25. The van der Waals surface area contributed by atoms with Crippen molar-refractivity contribution in [2.75, 3.05) is 31.1 Å². The maximum absolute atomic E-state index is 12.1. The van der Waals surface area contributed by atoms with Crippen LogP contribution in [0.3, 0.4) is 0 Å². The number of pyridine rings is 1. The Labute approximate surface area is 156 Å². The van der Waals surface area contributed by atoms with E-state index in [0.29, 0.717) is 12.3 Å². The van der Waals surface area contributed by atoms with E-state index in [1.54, 1.807) is 0 Å². The van der Waals surface area contributed by atoms with Crippen molar-refractivity contribution < 1.29 is 4.79 Å². The molecular formula is C22H29N3O. The molecule has 0 aliphatic carbocycles. The Morgan fingerprint density at radius 3 is 2.81 bits per heavy atom. The molecule has 3 heterocycles. The smallest absolute Gasteiger partial charge is 0.222 e. The Balaban J connectivity index is 1.63. The lowest BCUT2D eigenvalue weighted by Crippen LogP contribution is -2.54. The van der Waals surface area contributed by atoms with E-state index in [0.717, 1.165) is 43.9 Å². The molecule has 1 aromatic heterocycles. The van der Waals surface area contributed by atoms with Crippen LogP contribution in [-0.4, -0.2) is 42.0 Å². The summed E-state index contributed by atoms with van der Waals surface area (Å²) < 4.78 is 0. The number of likely N-dealkylation sites (tertiary alicyclic amines) is 1. The fourth-order valence-corrected chi connectivity index (χ4v) is 4.78. The van der Waals surface area contributed by atoms with Crippen LogP contribution in [0.1, 0.15) is 43.7 Å². The minimum Gasteiger partial charge on any atom is -0.356 e. The number of carbonyl (C=O) groups excluding carboxylic acids is 1. The zero-order chi connectivity index (χ0) is 18.3. The SMILES string of the molecule is CCN1CC2(CCCN(c3cc(C)c4cc(C)ccc4n3)C2)CCC1=O. The molecule has 1 unspecified atom stereocenters. The molecule has 2 saturated heterocycles. The molecule has 1 atom stereocenters. The topological polar surface area (TPSA) is 36.4 Å². The summed E-state index contributed by atoms with van der Waals surface area (Å²) in [6.45, 7) is 10.2. The van der Waals surface area contributed by atoms with Crippen molar-refractivity contribution in [2.45, 2.75) is 46.5 Å². The average Bonchev–Trinajstić information content (AvgIpc) is 2.64. The van der Waals surface area contributed by atoms with Gasteiger partial charge in [-0.05, 0) is 63.8 Å². The van der Waals surface area contributed by atoms with Gasteiger partial charge in [-0.2, -0.15) is 0 Å². The van der Waals surface area contributed by atoms with Gasteiger partial charge in [-0.25, -0.2) is 4.98 Å². The molecule has 4 rings (SSSR count). The van der Waals surface area contributed by atoms with Gasteiger partial charge in [0.1, 0.15) is 5.82 Å². The van der Waals surface area contributed by atoms with Gasteiger partial charge in [0, 0.05) is 43.4 Å². The van der Waals surface area contributed by atoms with Gasteiger partial charge in [-0.15, -0.1) is 0 Å². The van der Waals surface area contributed by atoms with Gasteiger partial charge in [0.25, 0.3) is 0 Å². The van der Waals surface area contributed by atoms with Crippen molar-refractivity contribution >= 4 is 22.6 Å². The van der Waals surface area contributed by atoms with E-state index >= 15 is 0 Å². The molecule has 0 N–H and O–H groups in total. The van der Waals surface area contributed by atoms with Gasteiger partial charge in [-0.1, -0.05) is 11.6 Å². The minimum absolute atomic E-state index is 0.236. The fourth-order valence-electron chi connectivity index (χ4n) is 4.78. The summed E-state index contributed by atoms with van der Waals surface area (Å²) >= 11 is 0. The summed E-state index contributed by atoms with van der Waals surface area (Å²) in [5.74, 6) is 1.42. The van der Waals surface area contributed by atoms with E-state index in [-0.39, 0.29) is 5.41 Å². The Morgan fingerprint density at radius 2 is 2.00 bits per heavy atom. The van der Waals surface area contributed by atoms with Crippen LogP contribution in [0.25, 0.3) is 10.9 Å². The van der Waals surface area contributed by atoms with Crippen molar-refractivity contribution in [1.29, 1.82) is 0 Å². The van der Waals surface area contributed by atoms with E-state index in [1.807, 2.05) is 0 Å². The summed E-state index contributed by atoms with van der Waals surface area (Å²) in [7, 11) is 0. The Bertz CT molecular complexity index is 847. The van der Waals surface area contributed by atoms with Gasteiger partial charge in [0.05, 0.1) is 5.52 Å². The Hall–Kier alpha value is -2.10. The largest absolute Gasteiger partial charge is 0.356 e. The van der Waals surface area contributed by atoms with Gasteiger partial charge >= 0.3 is 0 Å². The third kappa shape index (κ3) is 3.06. The highest BCUT2D eigenvalue weighted by Crippen LogP contribution is 2.40. The number of carbonyl (C=O) groups is 1. The van der Waals surface area contributed by atoms with Crippen molar-refractivity contribution in [3.63, 3.8) is 0 Å². The summed E-state index contributed by atoms with van der Waals surface area (Å²) in [5.41, 5.74) is 3.89. The second-order valence-corrected chi connectivity index (χ2v) is 8.25. The van der Waals surface area contributed by atoms with Crippen LogP contribution in [0.2, 0.25) is 0 Å². The van der Waals surface area contributed by atoms with Crippen LogP contribution in [-0.2, 0) is 4.79 Å². The molecule has 138 valence electrons. The predicted octanol–water partition coefficient (Wildman–Crippen LogP) is 4.08. The van der Waals surface area contributed by atoms with Crippen LogP contribution >= 0.6 is 0 Å². The molecule has 26 heavy (non-hydrogen) atoms. The van der Waals surface area contributed by atoms with Crippen LogP contribution < -0.4 is 4.90 Å². The predicted molar refractivity (Wildman–Crippen MR) is 107 cm³/mol. The molecule has 0 saturated carbocycles. The van der Waals surface area contributed by atoms with E-state index in [9.17, 15) is 4.79 Å². The molecule has 2 aliphatic rings. The minimum atomic E-state index is 0.236. The lowest BCUT2D eigenvalue weighted by atomic mass is 9.73. The number of amides is 1. The third-order valence-electron chi connectivity index (χ3n) is 6.27. The quantitative estimate of drug-likeness (QED) is 0.818. The zero-order valence-corrected chi connectivity index (χ0v) is 16.2. The first-order valence-electron chi connectivity index (χ1n) is 9.90. The molecule has 2 aromatic rings. The maximum atomic E-state index is 12.1. The summed E-state index contributed by atoms with van der Waals surface area (Å²) in [6.07, 6.45) is 4.12. The molecule has 4 heteroatoms. The molecule has 4 nitrogen and oxygen atoms in total. The standard InChI is InChI=1S/C22H29N3O/c1-4-24-14-22(10-8-21(24)26)9-5-11-25(15-22)20-13-17(3)18-12-16(2)6-7-19(18)23-20/h6-7,12-13H,4-5,8-11,14-15H2,1-3H3. The number of fused-ring (bicyclic) bond motifs is 1. The number of benzene rings is 1. The molecule has 1 amide bonds. The number of anilines is 1. The van der Waals surface area contributed by atoms with E-state index in [4.69, 9.17) is 4.98 Å². The Kier molecular flexibility index (Phi) is 4.37. The lowest BCUT2D eigenvalue weighted by molar-refractivity contribution is -0.137. The van der Waals surface area contributed by atoms with Gasteiger partial charge in [0.2, 0.25) is 5.91 Å². The molecule has 1 spiro atoms. The number of aromatic nitrogens is 1. The Morgan fingerprint density at radius 1 is 1.15 bits per heavy atom. The first kappa shape index (κ1) is 17.3. The van der Waals surface area contributed by atoms with Crippen LogP contribution in [0.15, 0.2) is 24.3 Å². The molecule has 2 fully saturated rings. The van der Waals surface area contributed by atoms with Crippen molar-refractivity contribution in [1.82, 2.24) is 9.88 Å². The normalized spacial score (nSPS) is 23.9. The monoisotopic (exact) mass is 351 g/mol. The first-order valence-corrected chi connectivity index (χ1v) is 9.90. The van der Waals surface area contributed by atoms with E-state index in [2.05, 4.69) is 54.8 Å². The van der Waals surface area contributed by atoms with E-state index in [1.165, 1.54) is 29.4 Å². The fraction of sp³-hybridized carbons (Fsp3) is 0.545. The van der Waals surface area contributed by atoms with Gasteiger partial charge in [-0.3, -0.25) is 4.79 Å². The van der Waals surface area contributed by atoms with E-state index < -0.39 is 0 Å². The molecular weight excluding hydrogens is 322 g/mol. The van der Waals surface area contributed by atoms with Gasteiger partial charge < -0.3 is 9.80 Å². The second-order valence-electron chi connectivity index (χ2n) is 8.25. The number of rotatable bonds is 2. The van der Waals surface area contributed by atoms with Crippen LogP contribution in [0.4, 0.5) is 5.82 Å². The zero-order valence-electron chi connectivity index (χ0n) is 16.2. The number of aryl methyl sites for hydroxylation is 2. The highest BCUT2D eigenvalue weighted by atomic mass is 16.2. The van der Waals surface area contributed by atoms with Gasteiger partial charge in [0.15, 0.2) is 0 Å². The number of piperidine rings is 2. The first-order chi connectivity index (χ1) is 12.5. The highest BCUT2D eigenvalue weighted by molar-refractivity contribution is 5.84. The number of nitrogens with zero attached hydrogens (tertiary/aromatic N) is 3. The van der Waals surface area contributed by atoms with Crippen molar-refractivity contribution in [3.8, 4) is 0 Å². The van der Waals surface area contributed by atoms with Crippen molar-refractivity contribution in [3.05, 3.63) is 35.4 Å². The second kappa shape index (κ2) is 6.57. The third-order valence-corrected chi connectivity index (χ3v) is 6.27. The lowest BCUT2D eigenvalue weighted by Gasteiger charge is -2.48. The number of hydrogen-bond acceptors (Lipinski definition) is 3. The van der Waals surface area contributed by atoms with Crippen LogP contribution in [0.5, 0.6) is 0 Å². The summed E-state index contributed by atoms with van der Waals surface area (Å²) in [6, 6.07) is 8.75.